The minimum Gasteiger partial charge on any atom is -0.434 e. The van der Waals surface area contributed by atoms with Crippen molar-refractivity contribution in [3.63, 3.8) is 0 Å². The van der Waals surface area contributed by atoms with Crippen LogP contribution in [0.4, 0.5) is 11.5 Å². The molecule has 7 heteroatoms. The highest BCUT2D eigenvalue weighted by atomic mass is 16.6. The maximum absolute atomic E-state index is 11.9. The second kappa shape index (κ2) is 9.48. The molecular formula is C21H30N4O3. The zero-order valence-electron chi connectivity index (χ0n) is 17.5. The van der Waals surface area contributed by atoms with E-state index in [0.29, 0.717) is 42.4 Å². The Bertz CT molecular complexity index is 779. The van der Waals surface area contributed by atoms with Crippen LogP contribution in [0.25, 0.3) is 0 Å². The monoisotopic (exact) mass is 386 g/mol. The van der Waals surface area contributed by atoms with Crippen LogP contribution in [0.5, 0.6) is 11.6 Å². The molecule has 0 aliphatic carbocycles. The second-order valence-corrected chi connectivity index (χ2v) is 8.13. The Hall–Kier alpha value is -2.70. The Morgan fingerprint density at radius 3 is 2.04 bits per heavy atom. The van der Waals surface area contributed by atoms with E-state index in [1.54, 1.807) is 12.1 Å². The summed E-state index contributed by atoms with van der Waals surface area (Å²) in [7, 11) is 0. The van der Waals surface area contributed by atoms with Crippen LogP contribution in [-0.4, -0.2) is 28.0 Å². The van der Waals surface area contributed by atoms with Gasteiger partial charge in [0.1, 0.15) is 12.1 Å². The standard InChI is InChI=1S/C21H30N4O3/c1-14(2)11-24(12-15(3)4)20-19(25(26)27)21(23-13-22-20)28-18-9-7-17(8-10-18)16(5)6/h7-10,13-16H,11-12H2,1-6H3. The second-order valence-electron chi connectivity index (χ2n) is 8.13. The molecule has 1 aromatic carbocycles. The molecule has 0 spiro atoms. The van der Waals surface area contributed by atoms with Crippen molar-refractivity contribution in [3.05, 3.63) is 46.3 Å². The van der Waals surface area contributed by atoms with Crippen molar-refractivity contribution in [3.8, 4) is 11.6 Å². The highest BCUT2D eigenvalue weighted by molar-refractivity contribution is 5.63. The van der Waals surface area contributed by atoms with Crippen LogP contribution < -0.4 is 9.64 Å². The summed E-state index contributed by atoms with van der Waals surface area (Å²) in [4.78, 5) is 21.7. The molecule has 0 aliphatic rings. The van der Waals surface area contributed by atoms with E-state index in [2.05, 4.69) is 51.5 Å². The number of nitrogens with zero attached hydrogens (tertiary/aromatic N) is 4. The van der Waals surface area contributed by atoms with Gasteiger partial charge < -0.3 is 9.64 Å². The SMILES string of the molecule is CC(C)CN(CC(C)C)c1ncnc(Oc2ccc(C(C)C)cc2)c1[N+](=O)[O-]. The summed E-state index contributed by atoms with van der Waals surface area (Å²) < 4.78 is 5.79. The van der Waals surface area contributed by atoms with Crippen LogP contribution in [0, 0.1) is 22.0 Å². The maximum atomic E-state index is 11.9. The first-order chi connectivity index (χ1) is 13.2. The van der Waals surface area contributed by atoms with E-state index in [1.807, 2.05) is 17.0 Å². The van der Waals surface area contributed by atoms with Crippen molar-refractivity contribution in [2.45, 2.75) is 47.5 Å². The summed E-state index contributed by atoms with van der Waals surface area (Å²) in [5, 5.41) is 11.9. The van der Waals surface area contributed by atoms with Gasteiger partial charge in [-0.3, -0.25) is 10.1 Å². The highest BCUT2D eigenvalue weighted by Crippen LogP contribution is 2.36. The average Bonchev–Trinajstić information content (AvgIpc) is 2.60. The maximum Gasteiger partial charge on any atom is 0.373 e. The van der Waals surface area contributed by atoms with Gasteiger partial charge in [-0.15, -0.1) is 0 Å². The predicted molar refractivity (Wildman–Crippen MR) is 111 cm³/mol. The summed E-state index contributed by atoms with van der Waals surface area (Å²) in [6.45, 7) is 13.9. The number of rotatable bonds is 9. The summed E-state index contributed by atoms with van der Waals surface area (Å²) in [5.74, 6) is 1.84. The first-order valence-electron chi connectivity index (χ1n) is 9.71. The molecule has 0 bridgehead atoms. The highest BCUT2D eigenvalue weighted by Gasteiger charge is 2.29. The molecule has 0 radical (unpaired) electrons. The van der Waals surface area contributed by atoms with Crippen molar-refractivity contribution in [1.29, 1.82) is 0 Å². The minimum atomic E-state index is -0.458. The Labute approximate surface area is 166 Å². The first kappa shape index (κ1) is 21.6. The molecule has 0 fully saturated rings. The van der Waals surface area contributed by atoms with E-state index in [1.165, 1.54) is 11.9 Å². The van der Waals surface area contributed by atoms with Crippen molar-refractivity contribution >= 4 is 11.5 Å². The molecule has 2 aromatic rings. The molecule has 1 heterocycles. The predicted octanol–water partition coefficient (Wildman–Crippen LogP) is 5.42. The quantitative estimate of drug-likeness (QED) is 0.423. The van der Waals surface area contributed by atoms with Gasteiger partial charge in [-0.05, 0) is 35.4 Å². The lowest BCUT2D eigenvalue weighted by atomic mass is 10.0. The zero-order valence-corrected chi connectivity index (χ0v) is 17.5. The zero-order chi connectivity index (χ0) is 20.8. The van der Waals surface area contributed by atoms with E-state index >= 15 is 0 Å². The van der Waals surface area contributed by atoms with E-state index in [9.17, 15) is 10.1 Å². The van der Waals surface area contributed by atoms with Gasteiger partial charge in [0.15, 0.2) is 0 Å². The molecule has 7 nitrogen and oxygen atoms in total. The van der Waals surface area contributed by atoms with Gasteiger partial charge in [-0.2, -0.15) is 4.98 Å². The normalized spacial score (nSPS) is 11.3. The third-order valence-corrected chi connectivity index (χ3v) is 4.18. The Morgan fingerprint density at radius 1 is 1.00 bits per heavy atom. The molecule has 0 saturated heterocycles. The van der Waals surface area contributed by atoms with E-state index in [4.69, 9.17) is 4.74 Å². The lowest BCUT2D eigenvalue weighted by molar-refractivity contribution is -0.385. The van der Waals surface area contributed by atoms with Crippen molar-refractivity contribution < 1.29 is 9.66 Å². The van der Waals surface area contributed by atoms with Crippen LogP contribution in [0.1, 0.15) is 53.0 Å². The number of aromatic nitrogens is 2. The molecule has 0 aliphatic heterocycles. The fourth-order valence-electron chi connectivity index (χ4n) is 2.98. The minimum absolute atomic E-state index is 0.0372. The van der Waals surface area contributed by atoms with Gasteiger partial charge in [0.25, 0.3) is 0 Å². The lowest BCUT2D eigenvalue weighted by Gasteiger charge is -2.27. The summed E-state index contributed by atoms with van der Waals surface area (Å²) in [6.07, 6.45) is 1.33. The van der Waals surface area contributed by atoms with E-state index < -0.39 is 4.92 Å². The van der Waals surface area contributed by atoms with Crippen LogP contribution in [0.3, 0.4) is 0 Å². The average molecular weight is 386 g/mol. The van der Waals surface area contributed by atoms with Gasteiger partial charge in [-0.1, -0.05) is 53.7 Å². The number of nitro groups is 1. The molecular weight excluding hydrogens is 356 g/mol. The number of ether oxygens (including phenoxy) is 1. The molecule has 0 unspecified atom stereocenters. The lowest BCUT2D eigenvalue weighted by Crippen LogP contribution is -2.32. The van der Waals surface area contributed by atoms with Gasteiger partial charge in [0.05, 0.1) is 4.92 Å². The van der Waals surface area contributed by atoms with Crippen molar-refractivity contribution in [2.24, 2.45) is 11.8 Å². The van der Waals surface area contributed by atoms with Crippen LogP contribution >= 0.6 is 0 Å². The fraction of sp³-hybridized carbons (Fsp3) is 0.524. The fourth-order valence-corrected chi connectivity index (χ4v) is 2.98. The van der Waals surface area contributed by atoms with Crippen molar-refractivity contribution in [2.75, 3.05) is 18.0 Å². The van der Waals surface area contributed by atoms with Gasteiger partial charge >= 0.3 is 11.6 Å². The van der Waals surface area contributed by atoms with Gasteiger partial charge in [0.2, 0.25) is 5.82 Å². The number of hydrogen-bond acceptors (Lipinski definition) is 6. The molecule has 0 amide bonds. The molecule has 0 atom stereocenters. The smallest absolute Gasteiger partial charge is 0.373 e. The number of benzene rings is 1. The van der Waals surface area contributed by atoms with Crippen molar-refractivity contribution in [1.82, 2.24) is 9.97 Å². The largest absolute Gasteiger partial charge is 0.434 e. The molecule has 2 rings (SSSR count). The summed E-state index contributed by atoms with van der Waals surface area (Å²) in [5.41, 5.74) is 0.974. The topological polar surface area (TPSA) is 81.4 Å². The summed E-state index contributed by atoms with van der Waals surface area (Å²) >= 11 is 0. The Morgan fingerprint density at radius 2 is 1.57 bits per heavy atom. The number of hydrogen-bond donors (Lipinski definition) is 0. The van der Waals surface area contributed by atoms with E-state index in [-0.39, 0.29) is 11.6 Å². The Kier molecular flexibility index (Phi) is 7.31. The van der Waals surface area contributed by atoms with Crippen LogP contribution in [0.2, 0.25) is 0 Å². The third kappa shape index (κ3) is 5.65. The molecule has 0 N–H and O–H groups in total. The first-order valence-corrected chi connectivity index (χ1v) is 9.71. The van der Waals surface area contributed by atoms with Gasteiger partial charge in [0, 0.05) is 13.1 Å². The summed E-state index contributed by atoms with van der Waals surface area (Å²) in [6, 6.07) is 7.53. The third-order valence-electron chi connectivity index (χ3n) is 4.18. The molecule has 1 aromatic heterocycles. The molecule has 152 valence electrons. The molecule has 28 heavy (non-hydrogen) atoms. The van der Waals surface area contributed by atoms with Gasteiger partial charge in [-0.25, -0.2) is 4.98 Å². The van der Waals surface area contributed by atoms with Crippen LogP contribution in [0.15, 0.2) is 30.6 Å². The number of anilines is 1. The van der Waals surface area contributed by atoms with E-state index in [0.717, 1.165) is 0 Å². The molecule has 0 saturated carbocycles. The van der Waals surface area contributed by atoms with Crippen LogP contribution in [-0.2, 0) is 0 Å². The Balaban J connectivity index is 2.42.